The second kappa shape index (κ2) is 17.8. The van der Waals surface area contributed by atoms with Crippen LogP contribution in [0.25, 0.3) is 0 Å². The molecule has 0 saturated heterocycles. The van der Waals surface area contributed by atoms with Gasteiger partial charge in [0, 0.05) is 0 Å². The van der Waals surface area contributed by atoms with Crippen molar-refractivity contribution in [3.05, 3.63) is 0 Å². The Labute approximate surface area is 124 Å². The summed E-state index contributed by atoms with van der Waals surface area (Å²) in [5, 5.41) is 10.8. The second-order valence-corrected chi connectivity index (χ2v) is 5.93. The summed E-state index contributed by atoms with van der Waals surface area (Å²) in [5.74, 6) is 3.53. The smallest absolute Gasteiger partial charge is 0.222 e. The Morgan fingerprint density at radius 3 is 1.05 bits per heavy atom. The first-order valence-corrected chi connectivity index (χ1v) is 7.36. The fraction of sp³-hybridized carbons (Fsp3) is 0.875. The average Bonchev–Trinajstić information content (AvgIpc) is 2.35. The molecule has 0 aromatic rings. The minimum Gasteiger partial charge on any atom is -0.222 e. The Morgan fingerprint density at radius 2 is 0.900 bits per heavy atom. The Hall–Kier alpha value is -1.24. The highest BCUT2D eigenvalue weighted by atomic mass is 16.1. The van der Waals surface area contributed by atoms with E-state index in [1.807, 2.05) is 0 Å². The molecule has 4 heteroatoms. The van der Waals surface area contributed by atoms with Crippen LogP contribution in [0.5, 0.6) is 0 Å². The summed E-state index contributed by atoms with van der Waals surface area (Å²) < 4.78 is 0. The lowest BCUT2D eigenvalue weighted by molar-refractivity contribution is 0.343. The van der Waals surface area contributed by atoms with Crippen molar-refractivity contribution in [3.63, 3.8) is 0 Å². The molecule has 0 aliphatic rings. The van der Waals surface area contributed by atoms with Gasteiger partial charge in [-0.05, 0) is 23.7 Å². The average molecular weight is 284 g/mol. The van der Waals surface area contributed by atoms with Gasteiger partial charge in [-0.25, -0.2) is 20.4 Å². The minimum atomic E-state index is 0.750. The fourth-order valence-electron chi connectivity index (χ4n) is 1.60. The maximum absolute atomic E-state index is 8.35. The Balaban J connectivity index is -0.000000408. The zero-order valence-electron chi connectivity index (χ0n) is 14.0. The van der Waals surface area contributed by atoms with Crippen LogP contribution < -0.4 is 0 Å². The number of carbonyl (C=O) groups excluding carboxylic acids is 2. The van der Waals surface area contributed by atoms with Crippen LogP contribution in [0.3, 0.4) is 0 Å². The van der Waals surface area contributed by atoms with E-state index in [0.29, 0.717) is 0 Å². The van der Waals surface area contributed by atoms with E-state index in [4.69, 9.17) is 20.4 Å². The largest absolute Gasteiger partial charge is 0.231 e. The third-order valence-corrected chi connectivity index (χ3v) is 3.85. The summed E-state index contributed by atoms with van der Waals surface area (Å²) >= 11 is 0. The molecule has 0 saturated carbocycles. The highest BCUT2D eigenvalue weighted by Crippen LogP contribution is 2.21. The van der Waals surface area contributed by atoms with Crippen LogP contribution in [0.15, 0.2) is 0 Å². The van der Waals surface area contributed by atoms with Crippen molar-refractivity contribution in [1.82, 2.24) is 0 Å². The molecule has 0 spiro atoms. The van der Waals surface area contributed by atoms with Gasteiger partial charge >= 0.3 is 0 Å². The molecule has 2 unspecified atom stereocenters. The number of unbranched alkanes of at least 4 members (excludes halogenated alkanes) is 1. The Kier molecular flexibility index (Phi) is 21.2. The van der Waals surface area contributed by atoms with Crippen molar-refractivity contribution in [1.29, 1.82) is 10.8 Å². The van der Waals surface area contributed by atoms with Gasteiger partial charge in [-0.15, -0.1) is 0 Å². The maximum Gasteiger partial charge on any atom is 0.231 e. The van der Waals surface area contributed by atoms with E-state index in [0.717, 1.165) is 35.8 Å². The summed E-state index contributed by atoms with van der Waals surface area (Å²) in [6.45, 7) is 14.1. The number of hydrogen-bond donors (Lipinski definition) is 2. The lowest BCUT2D eigenvalue weighted by Gasteiger charge is -2.17. The third kappa shape index (κ3) is 22.0. The van der Waals surface area contributed by atoms with Gasteiger partial charge < -0.3 is 0 Å². The topological polar surface area (TPSA) is 81.8 Å². The zero-order chi connectivity index (χ0) is 16.6. The molecule has 118 valence electrons. The van der Waals surface area contributed by atoms with Crippen LogP contribution in [-0.4, -0.2) is 12.2 Å². The molecular weight excluding hydrogens is 252 g/mol. The van der Waals surface area contributed by atoms with Crippen LogP contribution in [0.4, 0.5) is 0 Å². The van der Waals surface area contributed by atoms with Crippen molar-refractivity contribution in [3.8, 4) is 0 Å². The second-order valence-electron chi connectivity index (χ2n) is 5.93. The van der Waals surface area contributed by atoms with Crippen LogP contribution in [-0.2, 0) is 9.59 Å². The van der Waals surface area contributed by atoms with Crippen LogP contribution in [0, 0.1) is 34.5 Å². The first-order valence-electron chi connectivity index (χ1n) is 7.36. The number of nitrogens with one attached hydrogen (secondary N) is 2. The molecule has 2 atom stereocenters. The molecule has 0 amide bonds. The molecule has 0 heterocycles. The zero-order valence-corrected chi connectivity index (χ0v) is 14.0. The van der Waals surface area contributed by atoms with Gasteiger partial charge in [0.25, 0.3) is 0 Å². The first-order chi connectivity index (χ1) is 9.28. The van der Waals surface area contributed by atoms with Gasteiger partial charge in [-0.1, -0.05) is 67.2 Å². The van der Waals surface area contributed by atoms with Gasteiger partial charge in [0.15, 0.2) is 0 Å². The van der Waals surface area contributed by atoms with Crippen LogP contribution in [0.1, 0.15) is 67.2 Å². The summed E-state index contributed by atoms with van der Waals surface area (Å²) in [6.07, 6.45) is 7.19. The number of rotatable bonds is 7. The summed E-state index contributed by atoms with van der Waals surface area (Å²) in [4.78, 5) is 16.7. The summed E-state index contributed by atoms with van der Waals surface area (Å²) in [5.41, 5.74) is 0. The molecule has 0 rings (SSSR count). The fourth-order valence-corrected chi connectivity index (χ4v) is 1.60. The monoisotopic (exact) mass is 284 g/mol. The molecule has 4 nitrogen and oxygen atoms in total. The van der Waals surface area contributed by atoms with Crippen molar-refractivity contribution in [2.75, 3.05) is 0 Å². The van der Waals surface area contributed by atoms with E-state index in [1.54, 1.807) is 0 Å². The van der Waals surface area contributed by atoms with Gasteiger partial charge in [0.2, 0.25) is 12.2 Å². The normalized spacial score (nSPS) is 12.2. The standard InChI is InChI=1S/C14H30.2CHNO/c1-11(2)13(5)9-7-8-10-14(6)12(3)4;2*2-1-3/h11-14H,7-10H2,1-6H3;2*2H. The van der Waals surface area contributed by atoms with Crippen LogP contribution >= 0.6 is 0 Å². The minimum absolute atomic E-state index is 0.750. The molecule has 0 aliphatic carbocycles. The third-order valence-electron chi connectivity index (χ3n) is 3.85. The molecular formula is C16H32N2O2. The highest BCUT2D eigenvalue weighted by molar-refractivity contribution is 5.26. The summed E-state index contributed by atoms with van der Waals surface area (Å²) in [7, 11) is 0. The Morgan fingerprint density at radius 1 is 0.700 bits per heavy atom. The van der Waals surface area contributed by atoms with Gasteiger partial charge in [0.05, 0.1) is 0 Å². The van der Waals surface area contributed by atoms with E-state index in [9.17, 15) is 0 Å². The maximum atomic E-state index is 8.35. The highest BCUT2D eigenvalue weighted by Gasteiger charge is 2.09. The van der Waals surface area contributed by atoms with E-state index in [2.05, 4.69) is 41.5 Å². The number of isocyanates is 2. The lowest BCUT2D eigenvalue weighted by atomic mass is 9.89. The Bertz CT molecular complexity index is 236. The summed E-state index contributed by atoms with van der Waals surface area (Å²) in [6, 6.07) is 0. The van der Waals surface area contributed by atoms with Gasteiger partial charge in [-0.3, -0.25) is 0 Å². The van der Waals surface area contributed by atoms with E-state index >= 15 is 0 Å². The SMILES string of the molecule is CC(C)C(C)CCCCC(C)C(C)C.N=C=O.N=C=O. The molecule has 0 aromatic heterocycles. The quantitative estimate of drug-likeness (QED) is 0.394. The van der Waals surface area contributed by atoms with Crippen LogP contribution in [0.2, 0.25) is 0 Å². The molecule has 0 aliphatic heterocycles. The predicted octanol–water partition coefficient (Wildman–Crippen LogP) is 4.93. The van der Waals surface area contributed by atoms with E-state index in [-0.39, 0.29) is 0 Å². The van der Waals surface area contributed by atoms with Crippen molar-refractivity contribution in [2.45, 2.75) is 67.2 Å². The van der Waals surface area contributed by atoms with Crippen molar-refractivity contribution in [2.24, 2.45) is 23.7 Å². The molecule has 0 radical (unpaired) electrons. The molecule has 0 aromatic carbocycles. The molecule has 0 bridgehead atoms. The predicted molar refractivity (Wildman–Crippen MR) is 83.3 cm³/mol. The van der Waals surface area contributed by atoms with Crippen molar-refractivity contribution >= 4 is 12.2 Å². The molecule has 20 heavy (non-hydrogen) atoms. The molecule has 2 N–H and O–H groups in total. The van der Waals surface area contributed by atoms with Gasteiger partial charge in [-0.2, -0.15) is 0 Å². The van der Waals surface area contributed by atoms with E-state index < -0.39 is 0 Å². The number of hydrogen-bond acceptors (Lipinski definition) is 4. The first kappa shape index (κ1) is 23.8. The molecule has 0 fully saturated rings. The lowest BCUT2D eigenvalue weighted by Crippen LogP contribution is -2.06. The van der Waals surface area contributed by atoms with E-state index in [1.165, 1.54) is 25.7 Å². The van der Waals surface area contributed by atoms with Crippen molar-refractivity contribution < 1.29 is 9.59 Å². The van der Waals surface area contributed by atoms with Gasteiger partial charge in [0.1, 0.15) is 0 Å².